The van der Waals surface area contributed by atoms with Gasteiger partial charge < -0.3 is 25.1 Å². The van der Waals surface area contributed by atoms with Crippen molar-refractivity contribution in [2.45, 2.75) is 24.7 Å². The van der Waals surface area contributed by atoms with Crippen LogP contribution in [0, 0.1) is 0 Å². The molecule has 0 fully saturated rings. The number of thioether (sulfide) groups is 1. The van der Waals surface area contributed by atoms with Crippen molar-refractivity contribution in [3.8, 4) is 11.5 Å². The molecule has 0 unspecified atom stereocenters. The SMILES string of the molecule is O=C(CSc1nc(CC(=O)NCc2ccccc2)cc(=O)[nH]1)NCc1ccc2c(c1)OCO2. The molecule has 0 atom stereocenters. The predicted octanol–water partition coefficient (Wildman–Crippen LogP) is 1.77. The van der Waals surface area contributed by atoms with Gasteiger partial charge in [-0.25, -0.2) is 4.98 Å². The number of ether oxygens (including phenoxy) is 2. The van der Waals surface area contributed by atoms with E-state index in [4.69, 9.17) is 9.47 Å². The number of H-pyrrole nitrogens is 1. The van der Waals surface area contributed by atoms with Gasteiger partial charge in [-0.3, -0.25) is 14.4 Å². The van der Waals surface area contributed by atoms with E-state index in [0.29, 0.717) is 30.3 Å². The maximum Gasteiger partial charge on any atom is 0.251 e. The quantitative estimate of drug-likeness (QED) is 0.324. The van der Waals surface area contributed by atoms with Gasteiger partial charge in [-0.2, -0.15) is 0 Å². The third-order valence-electron chi connectivity index (χ3n) is 4.71. The molecule has 3 aromatic rings. The number of rotatable bonds is 9. The molecule has 9 nitrogen and oxygen atoms in total. The molecule has 2 aromatic carbocycles. The summed E-state index contributed by atoms with van der Waals surface area (Å²) in [5, 5.41) is 5.90. The first-order valence-corrected chi connectivity index (χ1v) is 11.2. The number of aromatic amines is 1. The first kappa shape index (κ1) is 22.4. The van der Waals surface area contributed by atoms with Crippen LogP contribution in [-0.4, -0.2) is 34.3 Å². The van der Waals surface area contributed by atoms with Crippen molar-refractivity contribution in [2.75, 3.05) is 12.5 Å². The van der Waals surface area contributed by atoms with Crippen LogP contribution in [0.1, 0.15) is 16.8 Å². The summed E-state index contributed by atoms with van der Waals surface area (Å²) in [6.45, 7) is 0.927. The van der Waals surface area contributed by atoms with E-state index in [-0.39, 0.29) is 41.5 Å². The van der Waals surface area contributed by atoms with Crippen molar-refractivity contribution in [1.29, 1.82) is 0 Å². The Labute approximate surface area is 193 Å². The van der Waals surface area contributed by atoms with Crippen LogP contribution in [0.5, 0.6) is 11.5 Å². The van der Waals surface area contributed by atoms with Gasteiger partial charge in [0.25, 0.3) is 5.56 Å². The minimum atomic E-state index is -0.376. The lowest BCUT2D eigenvalue weighted by Crippen LogP contribution is -2.26. The van der Waals surface area contributed by atoms with Gasteiger partial charge in [-0.1, -0.05) is 48.2 Å². The largest absolute Gasteiger partial charge is 0.454 e. The summed E-state index contributed by atoms with van der Waals surface area (Å²) in [7, 11) is 0. The van der Waals surface area contributed by atoms with E-state index >= 15 is 0 Å². The summed E-state index contributed by atoms with van der Waals surface area (Å²) in [6, 6.07) is 16.3. The third kappa shape index (κ3) is 6.59. The minimum absolute atomic E-state index is 0.0272. The number of nitrogens with one attached hydrogen (secondary N) is 3. The van der Waals surface area contributed by atoms with Crippen molar-refractivity contribution in [2.24, 2.45) is 0 Å². The average Bonchev–Trinajstić information content (AvgIpc) is 3.28. The van der Waals surface area contributed by atoms with Gasteiger partial charge in [0.2, 0.25) is 18.6 Å². The summed E-state index contributed by atoms with van der Waals surface area (Å²) >= 11 is 1.09. The van der Waals surface area contributed by atoms with Crippen LogP contribution in [0.25, 0.3) is 0 Å². The molecule has 0 saturated heterocycles. The van der Waals surface area contributed by atoms with Crippen molar-refractivity contribution in [3.05, 3.63) is 81.8 Å². The second kappa shape index (κ2) is 10.7. The van der Waals surface area contributed by atoms with E-state index in [1.807, 2.05) is 42.5 Å². The molecule has 1 aromatic heterocycles. The Morgan fingerprint density at radius 3 is 2.55 bits per heavy atom. The van der Waals surface area contributed by atoms with Crippen molar-refractivity contribution in [1.82, 2.24) is 20.6 Å². The summed E-state index contributed by atoms with van der Waals surface area (Å²) in [5.41, 5.74) is 1.83. The van der Waals surface area contributed by atoms with E-state index in [9.17, 15) is 14.4 Å². The highest BCUT2D eigenvalue weighted by atomic mass is 32.2. The predicted molar refractivity (Wildman–Crippen MR) is 122 cm³/mol. The molecule has 1 aliphatic heterocycles. The highest BCUT2D eigenvalue weighted by molar-refractivity contribution is 7.99. The molecule has 33 heavy (non-hydrogen) atoms. The zero-order valence-corrected chi connectivity index (χ0v) is 18.4. The summed E-state index contributed by atoms with van der Waals surface area (Å²) < 4.78 is 10.6. The van der Waals surface area contributed by atoms with Gasteiger partial charge in [0.05, 0.1) is 17.9 Å². The van der Waals surface area contributed by atoms with Gasteiger partial charge in [0, 0.05) is 19.2 Å². The highest BCUT2D eigenvalue weighted by Gasteiger charge is 2.14. The van der Waals surface area contributed by atoms with Gasteiger partial charge in [0.1, 0.15) is 0 Å². The molecular formula is C23H22N4O5S. The third-order valence-corrected chi connectivity index (χ3v) is 5.59. The normalized spacial score (nSPS) is 11.8. The lowest BCUT2D eigenvalue weighted by Gasteiger charge is -2.07. The number of fused-ring (bicyclic) bond motifs is 1. The zero-order valence-electron chi connectivity index (χ0n) is 17.6. The lowest BCUT2D eigenvalue weighted by atomic mass is 10.2. The number of aromatic nitrogens is 2. The maximum atomic E-state index is 12.2. The van der Waals surface area contributed by atoms with E-state index < -0.39 is 0 Å². The Bertz CT molecular complexity index is 1200. The molecular weight excluding hydrogens is 444 g/mol. The van der Waals surface area contributed by atoms with Crippen LogP contribution in [0.3, 0.4) is 0 Å². The molecule has 0 aliphatic carbocycles. The fourth-order valence-electron chi connectivity index (χ4n) is 3.10. The van der Waals surface area contributed by atoms with Crippen LogP contribution in [0.2, 0.25) is 0 Å². The Morgan fingerprint density at radius 2 is 1.70 bits per heavy atom. The number of carbonyl (C=O) groups excluding carboxylic acids is 2. The van der Waals surface area contributed by atoms with Crippen LogP contribution < -0.4 is 25.7 Å². The molecule has 0 radical (unpaired) electrons. The molecule has 2 amide bonds. The fraction of sp³-hybridized carbons (Fsp3) is 0.217. The molecule has 1 aliphatic rings. The van der Waals surface area contributed by atoms with Gasteiger partial charge >= 0.3 is 0 Å². The topological polar surface area (TPSA) is 122 Å². The molecule has 0 bridgehead atoms. The van der Waals surface area contributed by atoms with E-state index in [1.165, 1.54) is 6.07 Å². The first-order chi connectivity index (χ1) is 16.0. The standard InChI is InChI=1S/C23H22N4O5S/c28-20(24-11-15-4-2-1-3-5-15)9-17-10-21(29)27-23(26-17)33-13-22(30)25-12-16-6-7-18-19(8-16)32-14-31-18/h1-8,10H,9,11-14H2,(H,24,28)(H,25,30)(H,26,27,29). The molecule has 3 N–H and O–H groups in total. The number of carbonyl (C=O) groups is 2. The van der Waals surface area contributed by atoms with E-state index in [2.05, 4.69) is 20.6 Å². The van der Waals surface area contributed by atoms with Crippen molar-refractivity contribution in [3.63, 3.8) is 0 Å². The molecule has 0 spiro atoms. The lowest BCUT2D eigenvalue weighted by molar-refractivity contribution is -0.121. The number of hydrogen-bond acceptors (Lipinski definition) is 7. The van der Waals surface area contributed by atoms with Crippen LogP contribution in [-0.2, 0) is 29.1 Å². The highest BCUT2D eigenvalue weighted by Crippen LogP contribution is 2.32. The van der Waals surface area contributed by atoms with Crippen molar-refractivity contribution >= 4 is 23.6 Å². The summed E-state index contributed by atoms with van der Waals surface area (Å²) in [6.07, 6.45) is -0.0272. The zero-order chi connectivity index (χ0) is 23.0. The Morgan fingerprint density at radius 1 is 0.939 bits per heavy atom. The number of nitrogens with zero attached hydrogens (tertiary/aromatic N) is 1. The molecule has 10 heteroatoms. The van der Waals surface area contributed by atoms with Crippen LogP contribution >= 0.6 is 11.8 Å². The van der Waals surface area contributed by atoms with E-state index in [0.717, 1.165) is 22.9 Å². The monoisotopic (exact) mass is 466 g/mol. The molecule has 170 valence electrons. The Hall–Kier alpha value is -3.79. The van der Waals surface area contributed by atoms with E-state index in [1.54, 1.807) is 6.07 Å². The molecule has 4 rings (SSSR count). The average molecular weight is 467 g/mol. The Balaban J connectivity index is 1.25. The molecule has 2 heterocycles. The number of hydrogen-bond donors (Lipinski definition) is 3. The number of amides is 2. The molecule has 0 saturated carbocycles. The van der Waals surface area contributed by atoms with Crippen LogP contribution in [0.4, 0.5) is 0 Å². The Kier molecular flexibility index (Phi) is 7.26. The summed E-state index contributed by atoms with van der Waals surface area (Å²) in [4.78, 5) is 43.3. The number of benzene rings is 2. The minimum Gasteiger partial charge on any atom is -0.454 e. The smallest absolute Gasteiger partial charge is 0.251 e. The van der Waals surface area contributed by atoms with Gasteiger partial charge in [-0.05, 0) is 23.3 Å². The second-order valence-corrected chi connectivity index (χ2v) is 8.20. The summed E-state index contributed by atoms with van der Waals surface area (Å²) in [5.74, 6) is 0.949. The van der Waals surface area contributed by atoms with Gasteiger partial charge in [-0.15, -0.1) is 0 Å². The van der Waals surface area contributed by atoms with Gasteiger partial charge in [0.15, 0.2) is 16.7 Å². The van der Waals surface area contributed by atoms with Crippen LogP contribution in [0.15, 0.2) is 64.5 Å². The van der Waals surface area contributed by atoms with Crippen molar-refractivity contribution < 1.29 is 19.1 Å². The second-order valence-electron chi connectivity index (χ2n) is 7.23. The maximum absolute atomic E-state index is 12.2. The first-order valence-electron chi connectivity index (χ1n) is 10.2. The fourth-order valence-corrected chi connectivity index (χ4v) is 3.83.